The second-order valence-corrected chi connectivity index (χ2v) is 13.0. The van der Waals surface area contributed by atoms with E-state index >= 15 is 0 Å². The Balaban J connectivity index is 1.29. The van der Waals surface area contributed by atoms with Gasteiger partial charge in [-0.15, -0.1) is 0 Å². The van der Waals surface area contributed by atoms with Crippen LogP contribution in [0.15, 0.2) is 174 Å². The van der Waals surface area contributed by atoms with Crippen LogP contribution in [-0.2, 0) is 0 Å². The van der Waals surface area contributed by atoms with E-state index in [9.17, 15) is 0 Å². The molecule has 0 fully saturated rings. The lowest BCUT2D eigenvalue weighted by atomic mass is 10.1. The summed E-state index contributed by atoms with van der Waals surface area (Å²) in [6.07, 6.45) is 0. The van der Waals surface area contributed by atoms with Crippen LogP contribution in [0.1, 0.15) is 0 Å². The standard InChI is InChI=1S/C46H28N4O/c1-4-14-29(15-5-1)38-27-43(48-46(47-38)30-16-6-2-7-17-30)50-39-22-12-10-20-32(39)36-26-37-34-24-25-35-33-21-11-13-23-42(33)51-45(35)44(34)49(40(37)28-41(36)50)31-18-8-3-9-19-31/h1-28H. The quantitative estimate of drug-likeness (QED) is 0.190. The Morgan fingerprint density at radius 1 is 0.412 bits per heavy atom. The van der Waals surface area contributed by atoms with Crippen molar-refractivity contribution in [2.45, 2.75) is 0 Å². The predicted octanol–water partition coefficient (Wildman–Crippen LogP) is 11.9. The molecular weight excluding hydrogens is 625 g/mol. The lowest BCUT2D eigenvalue weighted by molar-refractivity contribution is 0.671. The largest absolute Gasteiger partial charge is 0.454 e. The maximum Gasteiger partial charge on any atom is 0.162 e. The zero-order valence-corrected chi connectivity index (χ0v) is 27.4. The van der Waals surface area contributed by atoms with Crippen LogP contribution in [0.3, 0.4) is 0 Å². The molecule has 5 nitrogen and oxygen atoms in total. The molecule has 0 saturated carbocycles. The molecule has 0 N–H and O–H groups in total. The molecule has 0 spiro atoms. The summed E-state index contributed by atoms with van der Waals surface area (Å²) in [6.45, 7) is 0. The minimum atomic E-state index is 0.685. The van der Waals surface area contributed by atoms with Crippen LogP contribution in [0.2, 0.25) is 0 Å². The Hall–Kier alpha value is -6.98. The van der Waals surface area contributed by atoms with Crippen molar-refractivity contribution in [3.05, 3.63) is 170 Å². The van der Waals surface area contributed by atoms with Gasteiger partial charge in [-0.25, -0.2) is 9.97 Å². The average molecular weight is 653 g/mol. The Labute approximate surface area is 292 Å². The maximum absolute atomic E-state index is 6.67. The molecule has 0 aliphatic carbocycles. The van der Waals surface area contributed by atoms with Crippen LogP contribution >= 0.6 is 0 Å². The summed E-state index contributed by atoms with van der Waals surface area (Å²) in [4.78, 5) is 10.4. The highest BCUT2D eigenvalue weighted by atomic mass is 16.3. The summed E-state index contributed by atoms with van der Waals surface area (Å²) < 4.78 is 11.3. The zero-order valence-electron chi connectivity index (χ0n) is 27.4. The molecule has 5 heteroatoms. The monoisotopic (exact) mass is 652 g/mol. The van der Waals surface area contributed by atoms with Crippen LogP contribution in [-0.4, -0.2) is 19.1 Å². The smallest absolute Gasteiger partial charge is 0.162 e. The summed E-state index contributed by atoms with van der Waals surface area (Å²) in [5, 5.41) is 6.88. The molecule has 7 aromatic carbocycles. The molecule has 0 radical (unpaired) electrons. The zero-order chi connectivity index (χ0) is 33.5. The van der Waals surface area contributed by atoms with Gasteiger partial charge in [-0.05, 0) is 42.5 Å². The van der Waals surface area contributed by atoms with Crippen LogP contribution in [0.5, 0.6) is 0 Å². The lowest BCUT2D eigenvalue weighted by Crippen LogP contribution is -2.02. The van der Waals surface area contributed by atoms with E-state index in [2.05, 4.69) is 149 Å². The van der Waals surface area contributed by atoms with Gasteiger partial charge in [0.05, 0.1) is 27.8 Å². The van der Waals surface area contributed by atoms with Gasteiger partial charge < -0.3 is 8.98 Å². The summed E-state index contributed by atoms with van der Waals surface area (Å²) >= 11 is 0. The van der Waals surface area contributed by atoms with Gasteiger partial charge in [-0.2, -0.15) is 0 Å². The van der Waals surface area contributed by atoms with Gasteiger partial charge in [0.15, 0.2) is 11.4 Å². The number of hydrogen-bond acceptors (Lipinski definition) is 3. The molecule has 4 aromatic heterocycles. The van der Waals surface area contributed by atoms with Gasteiger partial charge in [-0.3, -0.25) is 4.57 Å². The summed E-state index contributed by atoms with van der Waals surface area (Å²) in [5.41, 5.74) is 10.1. The van der Waals surface area contributed by atoms with Crippen LogP contribution < -0.4 is 0 Å². The number of furan rings is 1. The van der Waals surface area contributed by atoms with E-state index in [4.69, 9.17) is 14.4 Å². The maximum atomic E-state index is 6.67. The molecule has 51 heavy (non-hydrogen) atoms. The van der Waals surface area contributed by atoms with Crippen molar-refractivity contribution < 1.29 is 4.42 Å². The number of benzene rings is 7. The number of para-hydroxylation sites is 3. The average Bonchev–Trinajstić information content (AvgIpc) is 3.85. The highest BCUT2D eigenvalue weighted by Crippen LogP contribution is 2.43. The number of fused-ring (bicyclic) bond motifs is 10. The van der Waals surface area contributed by atoms with Gasteiger partial charge in [-0.1, -0.05) is 121 Å². The number of hydrogen-bond donors (Lipinski definition) is 0. The van der Waals surface area contributed by atoms with E-state index < -0.39 is 0 Å². The first kappa shape index (κ1) is 27.9. The number of rotatable bonds is 4. The number of aromatic nitrogens is 4. The van der Waals surface area contributed by atoms with Gasteiger partial charge in [0.25, 0.3) is 0 Å². The predicted molar refractivity (Wildman–Crippen MR) is 209 cm³/mol. The Bertz CT molecular complexity index is 3060. The van der Waals surface area contributed by atoms with Gasteiger partial charge in [0, 0.05) is 55.2 Å². The van der Waals surface area contributed by atoms with Crippen molar-refractivity contribution in [3.63, 3.8) is 0 Å². The fraction of sp³-hybridized carbons (Fsp3) is 0. The SMILES string of the molecule is c1ccc(-c2cc(-n3c4ccccc4c4cc5c6ccc7c8ccccc8oc7c6n(-c6ccccc6)c5cc43)nc(-c3ccccc3)n2)cc1. The first-order chi connectivity index (χ1) is 25.3. The summed E-state index contributed by atoms with van der Waals surface area (Å²) in [5.74, 6) is 1.50. The minimum Gasteiger partial charge on any atom is -0.454 e. The van der Waals surface area contributed by atoms with Gasteiger partial charge >= 0.3 is 0 Å². The topological polar surface area (TPSA) is 48.8 Å². The fourth-order valence-corrected chi connectivity index (χ4v) is 7.85. The Morgan fingerprint density at radius 3 is 1.84 bits per heavy atom. The van der Waals surface area contributed by atoms with Crippen LogP contribution in [0, 0.1) is 0 Å². The van der Waals surface area contributed by atoms with Gasteiger partial charge in [0.2, 0.25) is 0 Å². The van der Waals surface area contributed by atoms with Crippen molar-refractivity contribution in [1.82, 2.24) is 19.1 Å². The summed E-state index contributed by atoms with van der Waals surface area (Å²) in [7, 11) is 0. The molecule has 0 saturated heterocycles. The van der Waals surface area contributed by atoms with E-state index in [1.165, 1.54) is 10.8 Å². The Kier molecular flexibility index (Phi) is 5.89. The van der Waals surface area contributed by atoms with Crippen molar-refractivity contribution in [2.75, 3.05) is 0 Å². The third-order valence-corrected chi connectivity index (χ3v) is 10.1. The van der Waals surface area contributed by atoms with Crippen LogP contribution in [0.25, 0.3) is 99.7 Å². The molecule has 0 unspecified atom stereocenters. The fourth-order valence-electron chi connectivity index (χ4n) is 7.85. The lowest BCUT2D eigenvalue weighted by Gasteiger charge is -2.12. The van der Waals surface area contributed by atoms with Crippen molar-refractivity contribution >= 4 is 65.6 Å². The van der Waals surface area contributed by atoms with E-state index in [-0.39, 0.29) is 0 Å². The third kappa shape index (κ3) is 4.15. The van der Waals surface area contributed by atoms with E-state index in [0.717, 1.165) is 83.1 Å². The van der Waals surface area contributed by atoms with Crippen molar-refractivity contribution in [3.8, 4) is 34.2 Å². The minimum absolute atomic E-state index is 0.685. The first-order valence-electron chi connectivity index (χ1n) is 17.2. The number of nitrogens with zero attached hydrogens (tertiary/aromatic N) is 4. The molecule has 238 valence electrons. The highest BCUT2D eigenvalue weighted by Gasteiger charge is 2.23. The molecular formula is C46H28N4O. The molecule has 0 bridgehead atoms. The molecule has 0 atom stereocenters. The Morgan fingerprint density at radius 2 is 1.04 bits per heavy atom. The summed E-state index contributed by atoms with van der Waals surface area (Å²) in [6, 6.07) is 59.4. The molecule has 11 aromatic rings. The van der Waals surface area contributed by atoms with E-state index in [1.807, 2.05) is 30.3 Å². The van der Waals surface area contributed by atoms with Crippen molar-refractivity contribution in [2.24, 2.45) is 0 Å². The highest BCUT2D eigenvalue weighted by molar-refractivity contribution is 6.24. The van der Waals surface area contributed by atoms with Gasteiger partial charge in [0.1, 0.15) is 11.4 Å². The third-order valence-electron chi connectivity index (χ3n) is 10.1. The molecule has 0 amide bonds. The molecule has 0 aliphatic rings. The van der Waals surface area contributed by atoms with Crippen LogP contribution in [0.4, 0.5) is 0 Å². The molecule has 0 aliphatic heterocycles. The first-order valence-corrected chi connectivity index (χ1v) is 17.2. The molecule has 4 heterocycles. The molecule has 11 rings (SSSR count). The van der Waals surface area contributed by atoms with E-state index in [0.29, 0.717) is 5.82 Å². The second-order valence-electron chi connectivity index (χ2n) is 13.0. The second kappa shape index (κ2) is 10.8. The van der Waals surface area contributed by atoms with E-state index in [1.54, 1.807) is 0 Å². The normalized spacial score (nSPS) is 11.9. The van der Waals surface area contributed by atoms with Crippen molar-refractivity contribution in [1.29, 1.82) is 0 Å².